The molecule has 3 N–H and O–H groups in total. The Balaban J connectivity index is 1.62. The summed E-state index contributed by atoms with van der Waals surface area (Å²) in [6.07, 6.45) is 5.96. The second-order valence-electron chi connectivity index (χ2n) is 6.79. The third-order valence-corrected chi connectivity index (χ3v) is 5.61. The van der Waals surface area contributed by atoms with Crippen molar-refractivity contribution in [2.45, 2.75) is 31.7 Å². The lowest BCUT2D eigenvalue weighted by molar-refractivity contribution is -0.123. The predicted molar refractivity (Wildman–Crippen MR) is 107 cm³/mol. The summed E-state index contributed by atoms with van der Waals surface area (Å²) >= 11 is 1.51. The Bertz CT molecular complexity index is 886. The fourth-order valence-corrected chi connectivity index (χ4v) is 4.12. The van der Waals surface area contributed by atoms with E-state index >= 15 is 0 Å². The number of amides is 2. The largest absolute Gasteiger partial charge is 0.449 e. The van der Waals surface area contributed by atoms with Crippen LogP contribution in [0.1, 0.15) is 30.6 Å². The first-order chi connectivity index (χ1) is 13.1. The van der Waals surface area contributed by atoms with Crippen LogP contribution >= 0.6 is 11.3 Å². The van der Waals surface area contributed by atoms with Gasteiger partial charge in [0.2, 0.25) is 5.91 Å². The van der Waals surface area contributed by atoms with Gasteiger partial charge in [-0.2, -0.15) is 0 Å². The Morgan fingerprint density at radius 1 is 1.33 bits per heavy atom. The lowest BCUT2D eigenvalue weighted by Gasteiger charge is -2.30. The molecule has 0 spiro atoms. The molecule has 27 heavy (non-hydrogen) atoms. The predicted octanol–water partition coefficient (Wildman–Crippen LogP) is 3.16. The standard InChI is InChI=1S/C20H21N3O3S/c21-13-7-8-17-16(10-13)23(12-19(24)22-14-4-1-2-5-14)20(25)18(26-17)11-15-6-3-9-27-15/h3,6-11,14H,1-2,4-5,12,21H2,(H,22,24)/b18-11+. The van der Waals surface area contributed by atoms with E-state index in [0.717, 1.165) is 30.6 Å². The molecule has 1 aromatic heterocycles. The van der Waals surface area contributed by atoms with Crippen molar-refractivity contribution < 1.29 is 14.3 Å². The molecule has 1 aromatic carbocycles. The van der Waals surface area contributed by atoms with Crippen molar-refractivity contribution in [3.05, 3.63) is 46.3 Å². The van der Waals surface area contributed by atoms with Crippen molar-refractivity contribution in [3.8, 4) is 5.75 Å². The minimum absolute atomic E-state index is 0.0586. The summed E-state index contributed by atoms with van der Waals surface area (Å²) in [5.41, 5.74) is 6.92. The highest BCUT2D eigenvalue weighted by atomic mass is 32.1. The number of ether oxygens (including phenoxy) is 1. The number of fused-ring (bicyclic) bond motifs is 1. The average molecular weight is 383 g/mol. The van der Waals surface area contributed by atoms with E-state index in [9.17, 15) is 9.59 Å². The lowest BCUT2D eigenvalue weighted by atomic mass is 10.1. The molecule has 2 heterocycles. The molecular weight excluding hydrogens is 362 g/mol. The van der Waals surface area contributed by atoms with Crippen LogP contribution in [0.2, 0.25) is 0 Å². The smallest absolute Gasteiger partial charge is 0.294 e. The van der Waals surface area contributed by atoms with Gasteiger partial charge in [-0.05, 0) is 42.5 Å². The molecule has 0 bridgehead atoms. The number of hydrogen-bond donors (Lipinski definition) is 2. The van der Waals surface area contributed by atoms with E-state index in [1.165, 1.54) is 16.2 Å². The number of thiophene rings is 1. The monoisotopic (exact) mass is 383 g/mol. The molecule has 0 saturated heterocycles. The van der Waals surface area contributed by atoms with E-state index in [4.69, 9.17) is 10.5 Å². The molecule has 2 aromatic rings. The van der Waals surface area contributed by atoms with Crippen LogP contribution in [0.4, 0.5) is 11.4 Å². The van der Waals surface area contributed by atoms with Crippen LogP contribution in [0.5, 0.6) is 5.75 Å². The summed E-state index contributed by atoms with van der Waals surface area (Å²) in [7, 11) is 0. The SMILES string of the molecule is Nc1ccc2c(c1)N(CC(=O)NC1CCCC1)C(=O)/C(=C\c1cccs1)O2. The second-order valence-corrected chi connectivity index (χ2v) is 7.77. The molecule has 7 heteroatoms. The minimum Gasteiger partial charge on any atom is -0.449 e. The van der Waals surface area contributed by atoms with Crippen molar-refractivity contribution in [1.82, 2.24) is 5.32 Å². The van der Waals surface area contributed by atoms with Gasteiger partial charge < -0.3 is 15.8 Å². The number of nitrogens with one attached hydrogen (secondary N) is 1. The molecule has 1 aliphatic heterocycles. The van der Waals surface area contributed by atoms with E-state index in [1.807, 2.05) is 17.5 Å². The average Bonchev–Trinajstić information content (AvgIpc) is 3.33. The topological polar surface area (TPSA) is 84.7 Å². The molecule has 4 rings (SSSR count). The Hall–Kier alpha value is -2.80. The van der Waals surface area contributed by atoms with Gasteiger partial charge in [0.25, 0.3) is 5.91 Å². The summed E-state index contributed by atoms with van der Waals surface area (Å²) in [6, 6.07) is 9.12. The molecule has 6 nitrogen and oxygen atoms in total. The van der Waals surface area contributed by atoms with Crippen molar-refractivity contribution in [2.24, 2.45) is 0 Å². The number of nitrogens with two attached hydrogens (primary N) is 1. The summed E-state index contributed by atoms with van der Waals surface area (Å²) in [6.45, 7) is -0.0586. The quantitative estimate of drug-likeness (QED) is 0.627. The van der Waals surface area contributed by atoms with Crippen molar-refractivity contribution in [1.29, 1.82) is 0 Å². The zero-order valence-corrected chi connectivity index (χ0v) is 15.6. The normalized spacial score (nSPS) is 18.4. The summed E-state index contributed by atoms with van der Waals surface area (Å²) in [5, 5.41) is 4.96. The summed E-state index contributed by atoms with van der Waals surface area (Å²) < 4.78 is 5.81. The molecule has 0 unspecified atom stereocenters. The molecule has 2 aliphatic rings. The molecule has 1 fully saturated rings. The number of rotatable bonds is 4. The summed E-state index contributed by atoms with van der Waals surface area (Å²) in [5.74, 6) is 0.202. The second kappa shape index (κ2) is 7.44. The van der Waals surface area contributed by atoms with Crippen LogP contribution in [0.3, 0.4) is 0 Å². The van der Waals surface area contributed by atoms with Crippen LogP contribution in [0.15, 0.2) is 41.5 Å². The number of hydrogen-bond acceptors (Lipinski definition) is 5. The number of carbonyl (C=O) groups excluding carboxylic acids is 2. The van der Waals surface area contributed by atoms with Gasteiger partial charge in [-0.1, -0.05) is 18.9 Å². The first kappa shape index (κ1) is 17.6. The molecule has 0 atom stereocenters. The van der Waals surface area contributed by atoms with Gasteiger partial charge >= 0.3 is 0 Å². The van der Waals surface area contributed by atoms with Crippen LogP contribution < -0.4 is 20.7 Å². The van der Waals surface area contributed by atoms with Gasteiger partial charge in [-0.3, -0.25) is 14.5 Å². The maximum absolute atomic E-state index is 13.0. The fraction of sp³-hybridized carbons (Fsp3) is 0.300. The van der Waals surface area contributed by atoms with Gasteiger partial charge in [0.15, 0.2) is 11.5 Å². The highest BCUT2D eigenvalue weighted by Gasteiger charge is 2.32. The van der Waals surface area contributed by atoms with E-state index in [1.54, 1.807) is 24.3 Å². The first-order valence-corrected chi connectivity index (χ1v) is 9.92. The number of carbonyl (C=O) groups is 2. The van der Waals surface area contributed by atoms with E-state index in [-0.39, 0.29) is 30.2 Å². The number of benzene rings is 1. The van der Waals surface area contributed by atoms with E-state index < -0.39 is 0 Å². The fourth-order valence-electron chi connectivity index (χ4n) is 3.47. The highest BCUT2D eigenvalue weighted by Crippen LogP contribution is 2.37. The number of nitrogen functional groups attached to an aromatic ring is 1. The van der Waals surface area contributed by atoms with Crippen molar-refractivity contribution >= 4 is 40.6 Å². The minimum atomic E-state index is -0.344. The van der Waals surface area contributed by atoms with Gasteiger partial charge in [-0.25, -0.2) is 0 Å². The van der Waals surface area contributed by atoms with Gasteiger partial charge in [-0.15, -0.1) is 11.3 Å². The Morgan fingerprint density at radius 3 is 2.89 bits per heavy atom. The zero-order valence-electron chi connectivity index (χ0n) is 14.8. The highest BCUT2D eigenvalue weighted by molar-refractivity contribution is 7.10. The molecule has 0 radical (unpaired) electrons. The first-order valence-electron chi connectivity index (χ1n) is 9.04. The van der Waals surface area contributed by atoms with Crippen molar-refractivity contribution in [2.75, 3.05) is 17.2 Å². The zero-order chi connectivity index (χ0) is 18.8. The maximum Gasteiger partial charge on any atom is 0.294 e. The number of anilines is 2. The van der Waals surface area contributed by atoms with Crippen molar-refractivity contribution in [3.63, 3.8) is 0 Å². The van der Waals surface area contributed by atoms with Crippen LogP contribution in [0, 0.1) is 0 Å². The lowest BCUT2D eigenvalue weighted by Crippen LogP contribution is -2.46. The van der Waals surface area contributed by atoms with Crippen LogP contribution in [-0.4, -0.2) is 24.4 Å². The Labute approximate surface area is 161 Å². The van der Waals surface area contributed by atoms with Crippen LogP contribution in [-0.2, 0) is 9.59 Å². The summed E-state index contributed by atoms with van der Waals surface area (Å²) in [4.78, 5) is 27.9. The number of nitrogens with zero attached hydrogens (tertiary/aromatic N) is 1. The Kier molecular flexibility index (Phi) is 4.85. The maximum atomic E-state index is 13.0. The van der Waals surface area contributed by atoms with Gasteiger partial charge in [0.05, 0.1) is 5.69 Å². The van der Waals surface area contributed by atoms with Gasteiger partial charge in [0.1, 0.15) is 6.54 Å². The van der Waals surface area contributed by atoms with Gasteiger partial charge in [0, 0.05) is 22.7 Å². The van der Waals surface area contributed by atoms with E-state index in [0.29, 0.717) is 17.1 Å². The third kappa shape index (κ3) is 3.83. The molecular formula is C20H21N3O3S. The third-order valence-electron chi connectivity index (χ3n) is 4.79. The molecule has 1 saturated carbocycles. The molecule has 2 amide bonds. The molecule has 140 valence electrons. The van der Waals surface area contributed by atoms with E-state index in [2.05, 4.69) is 5.32 Å². The molecule has 1 aliphatic carbocycles. The van der Waals surface area contributed by atoms with Crippen LogP contribution in [0.25, 0.3) is 6.08 Å². The Morgan fingerprint density at radius 2 is 2.15 bits per heavy atom.